The van der Waals surface area contributed by atoms with Crippen molar-refractivity contribution in [3.05, 3.63) is 28.5 Å². The van der Waals surface area contributed by atoms with Crippen LogP contribution in [0.15, 0.2) is 22.7 Å². The second kappa shape index (κ2) is 4.94. The van der Waals surface area contributed by atoms with E-state index in [1.165, 1.54) is 18.9 Å². The van der Waals surface area contributed by atoms with Crippen molar-refractivity contribution in [2.24, 2.45) is 5.92 Å². The molecule has 1 aromatic rings. The monoisotopic (exact) mass is 274 g/mol. The normalized spacial score (nSPS) is 15.3. The van der Waals surface area contributed by atoms with Crippen molar-refractivity contribution >= 4 is 15.9 Å². The van der Waals surface area contributed by atoms with Crippen LogP contribution in [-0.4, -0.2) is 13.4 Å². The Balaban J connectivity index is 1.74. The van der Waals surface area contributed by atoms with Crippen molar-refractivity contribution < 1.29 is 13.9 Å². The van der Waals surface area contributed by atoms with Crippen molar-refractivity contribution in [2.75, 3.05) is 13.4 Å². The van der Waals surface area contributed by atoms with E-state index in [1.54, 1.807) is 12.1 Å². The number of rotatable bonds is 5. The lowest BCUT2D eigenvalue weighted by Crippen LogP contribution is -2.05. The molecule has 2 rings (SSSR count). The van der Waals surface area contributed by atoms with E-state index in [0.717, 1.165) is 12.5 Å². The molecule has 4 heteroatoms. The van der Waals surface area contributed by atoms with Crippen LogP contribution in [0, 0.1) is 11.7 Å². The average Bonchev–Trinajstić information content (AvgIpc) is 3.02. The summed E-state index contributed by atoms with van der Waals surface area (Å²) < 4.78 is 23.9. The molecule has 0 bridgehead atoms. The molecule has 0 saturated heterocycles. The fourth-order valence-electron chi connectivity index (χ4n) is 1.18. The molecule has 15 heavy (non-hydrogen) atoms. The largest absolute Gasteiger partial charge is 0.468 e. The highest BCUT2D eigenvalue weighted by molar-refractivity contribution is 9.10. The molecule has 0 radical (unpaired) electrons. The Hall–Kier alpha value is -0.610. The number of benzene rings is 1. The van der Waals surface area contributed by atoms with Crippen LogP contribution in [0.25, 0.3) is 0 Å². The molecule has 1 aliphatic rings. The summed E-state index contributed by atoms with van der Waals surface area (Å²) in [4.78, 5) is 0. The van der Waals surface area contributed by atoms with E-state index in [0.29, 0.717) is 10.2 Å². The minimum Gasteiger partial charge on any atom is -0.468 e. The van der Waals surface area contributed by atoms with E-state index in [4.69, 9.17) is 9.47 Å². The van der Waals surface area contributed by atoms with Gasteiger partial charge in [-0.1, -0.05) is 0 Å². The van der Waals surface area contributed by atoms with Gasteiger partial charge in [-0.15, -0.1) is 0 Å². The molecule has 0 atom stereocenters. The lowest BCUT2D eigenvalue weighted by Gasteiger charge is -2.07. The van der Waals surface area contributed by atoms with Crippen molar-refractivity contribution in [2.45, 2.75) is 12.8 Å². The zero-order valence-corrected chi connectivity index (χ0v) is 9.80. The lowest BCUT2D eigenvalue weighted by molar-refractivity contribution is 0.00991. The van der Waals surface area contributed by atoms with Crippen LogP contribution in [-0.2, 0) is 4.74 Å². The van der Waals surface area contributed by atoms with Crippen LogP contribution in [0.1, 0.15) is 12.8 Å². The van der Waals surface area contributed by atoms with Gasteiger partial charge in [0.25, 0.3) is 0 Å². The first kappa shape index (κ1) is 10.9. The molecule has 1 aromatic carbocycles. The summed E-state index contributed by atoms with van der Waals surface area (Å²) in [7, 11) is 0. The first-order valence-electron chi connectivity index (χ1n) is 4.91. The fraction of sp³-hybridized carbons (Fsp3) is 0.455. The highest BCUT2D eigenvalue weighted by atomic mass is 79.9. The molecule has 2 nitrogen and oxygen atoms in total. The van der Waals surface area contributed by atoms with Crippen LogP contribution >= 0.6 is 15.9 Å². The molecule has 82 valence electrons. The zero-order valence-electron chi connectivity index (χ0n) is 8.21. The minimum atomic E-state index is -0.291. The quantitative estimate of drug-likeness (QED) is 0.606. The van der Waals surface area contributed by atoms with E-state index in [1.807, 2.05) is 0 Å². The van der Waals surface area contributed by atoms with Crippen molar-refractivity contribution in [1.82, 2.24) is 0 Å². The SMILES string of the molecule is Fc1ccc(OCOCC2CC2)cc1Br. The zero-order chi connectivity index (χ0) is 10.7. The van der Waals surface area contributed by atoms with Gasteiger partial charge in [-0.25, -0.2) is 4.39 Å². The Labute approximate surface area is 96.5 Å². The van der Waals surface area contributed by atoms with Gasteiger partial charge >= 0.3 is 0 Å². The first-order chi connectivity index (χ1) is 7.25. The number of ether oxygens (including phenoxy) is 2. The third-order valence-electron chi connectivity index (χ3n) is 2.25. The van der Waals surface area contributed by atoms with Crippen LogP contribution in [0.4, 0.5) is 4.39 Å². The second-order valence-corrected chi connectivity index (χ2v) is 4.51. The molecule has 0 aromatic heterocycles. The number of hydrogen-bond donors (Lipinski definition) is 0. The van der Waals surface area contributed by atoms with Crippen molar-refractivity contribution in [3.8, 4) is 5.75 Å². The predicted molar refractivity (Wildman–Crippen MR) is 58.3 cm³/mol. The maximum absolute atomic E-state index is 12.9. The van der Waals surface area contributed by atoms with E-state index in [9.17, 15) is 4.39 Å². The van der Waals surface area contributed by atoms with Crippen molar-refractivity contribution in [1.29, 1.82) is 0 Å². The van der Waals surface area contributed by atoms with Gasteiger partial charge in [0, 0.05) is 0 Å². The molecule has 0 aliphatic heterocycles. The average molecular weight is 275 g/mol. The summed E-state index contributed by atoms with van der Waals surface area (Å²) in [6.07, 6.45) is 2.53. The van der Waals surface area contributed by atoms with Gasteiger partial charge in [0.15, 0.2) is 6.79 Å². The molecule has 1 saturated carbocycles. The van der Waals surface area contributed by atoms with Gasteiger partial charge in [0.2, 0.25) is 0 Å². The molecule has 0 unspecified atom stereocenters. The summed E-state index contributed by atoms with van der Waals surface area (Å²) in [5, 5.41) is 0. The Bertz CT molecular complexity index is 339. The van der Waals surface area contributed by atoms with E-state index < -0.39 is 0 Å². The van der Waals surface area contributed by atoms with Crippen LogP contribution in [0.3, 0.4) is 0 Å². The maximum atomic E-state index is 12.9. The molecular weight excluding hydrogens is 263 g/mol. The topological polar surface area (TPSA) is 18.5 Å². The fourth-order valence-corrected chi connectivity index (χ4v) is 1.53. The van der Waals surface area contributed by atoms with Crippen LogP contribution in [0.5, 0.6) is 5.75 Å². The lowest BCUT2D eigenvalue weighted by atomic mass is 10.3. The Morgan fingerprint density at radius 1 is 1.40 bits per heavy atom. The Kier molecular flexibility index (Phi) is 3.59. The third-order valence-corrected chi connectivity index (χ3v) is 2.86. The summed E-state index contributed by atoms with van der Waals surface area (Å²) in [5.74, 6) is 1.05. The molecule has 1 fully saturated rings. The molecule has 0 spiro atoms. The minimum absolute atomic E-state index is 0.231. The second-order valence-electron chi connectivity index (χ2n) is 3.65. The number of halogens is 2. The summed E-state index contributed by atoms with van der Waals surface area (Å²) in [5.41, 5.74) is 0. The Morgan fingerprint density at radius 2 is 2.20 bits per heavy atom. The van der Waals surface area contributed by atoms with Gasteiger partial charge in [0.05, 0.1) is 11.1 Å². The molecule has 0 heterocycles. The van der Waals surface area contributed by atoms with Crippen LogP contribution in [0.2, 0.25) is 0 Å². The Morgan fingerprint density at radius 3 is 2.87 bits per heavy atom. The van der Waals surface area contributed by atoms with Gasteiger partial charge in [-0.2, -0.15) is 0 Å². The maximum Gasteiger partial charge on any atom is 0.189 e. The summed E-state index contributed by atoms with van der Waals surface area (Å²) in [6.45, 7) is 0.997. The predicted octanol–water partition coefficient (Wildman–Crippen LogP) is 3.35. The molecule has 1 aliphatic carbocycles. The van der Waals surface area contributed by atoms with Crippen LogP contribution < -0.4 is 4.74 Å². The highest BCUT2D eigenvalue weighted by Gasteiger charge is 2.21. The van der Waals surface area contributed by atoms with Gasteiger partial charge in [-0.05, 0) is 52.9 Å². The van der Waals surface area contributed by atoms with E-state index in [-0.39, 0.29) is 12.6 Å². The van der Waals surface area contributed by atoms with E-state index >= 15 is 0 Å². The highest BCUT2D eigenvalue weighted by Crippen LogP contribution is 2.28. The van der Waals surface area contributed by atoms with Crippen molar-refractivity contribution in [3.63, 3.8) is 0 Å². The summed E-state index contributed by atoms with van der Waals surface area (Å²) in [6, 6.07) is 4.54. The van der Waals surface area contributed by atoms with Gasteiger partial charge < -0.3 is 9.47 Å². The number of hydrogen-bond acceptors (Lipinski definition) is 2. The standard InChI is InChI=1S/C11H12BrFO2/c12-10-5-9(3-4-11(10)13)15-7-14-6-8-1-2-8/h3-5,8H,1-2,6-7H2. The molecule has 0 amide bonds. The first-order valence-corrected chi connectivity index (χ1v) is 5.70. The van der Waals surface area contributed by atoms with Gasteiger partial charge in [0.1, 0.15) is 11.6 Å². The molecule has 0 N–H and O–H groups in total. The summed E-state index contributed by atoms with van der Waals surface area (Å²) >= 11 is 3.09. The smallest absolute Gasteiger partial charge is 0.189 e. The van der Waals surface area contributed by atoms with E-state index in [2.05, 4.69) is 15.9 Å². The van der Waals surface area contributed by atoms with Gasteiger partial charge in [-0.3, -0.25) is 0 Å². The third kappa shape index (κ3) is 3.47. The molecular formula is C11H12BrFO2.